The van der Waals surface area contributed by atoms with Crippen LogP contribution in [0.25, 0.3) is 11.3 Å². The van der Waals surface area contributed by atoms with Gasteiger partial charge in [0.2, 0.25) is 0 Å². The number of carbonyl (C=O) groups is 1. The number of aromatic carboxylic acids is 1. The number of thiophene rings is 1. The number of carboxylic acid groups (broad SMARTS) is 1. The Kier molecular flexibility index (Phi) is 2.77. The van der Waals surface area contributed by atoms with Gasteiger partial charge in [0, 0.05) is 12.6 Å². The van der Waals surface area contributed by atoms with Crippen molar-refractivity contribution in [1.82, 2.24) is 9.78 Å². The summed E-state index contributed by atoms with van der Waals surface area (Å²) in [5, 5.41) is 13.0. The molecular formula is C10H10N2O2S2. The van der Waals surface area contributed by atoms with Crippen LogP contribution in [0.1, 0.15) is 15.2 Å². The maximum absolute atomic E-state index is 10.9. The normalized spacial score (nSPS) is 10.7. The molecule has 0 saturated heterocycles. The minimum absolute atomic E-state index is 0.292. The molecule has 0 aliphatic rings. The van der Waals surface area contributed by atoms with Gasteiger partial charge in [0.05, 0.1) is 16.1 Å². The third-order valence-electron chi connectivity index (χ3n) is 2.30. The van der Waals surface area contributed by atoms with E-state index in [1.807, 2.05) is 14.0 Å². The van der Waals surface area contributed by atoms with Crippen LogP contribution >= 0.6 is 24.0 Å². The second-order valence-corrected chi connectivity index (χ2v) is 5.24. The Labute approximate surface area is 102 Å². The van der Waals surface area contributed by atoms with Crippen molar-refractivity contribution in [1.29, 1.82) is 0 Å². The molecule has 16 heavy (non-hydrogen) atoms. The smallest absolute Gasteiger partial charge is 0.345 e. The molecule has 0 aliphatic carbocycles. The molecule has 0 bridgehead atoms. The van der Waals surface area contributed by atoms with Crippen LogP contribution in [0.15, 0.2) is 16.5 Å². The molecule has 2 rings (SSSR count). The van der Waals surface area contributed by atoms with Gasteiger partial charge in [-0.05, 0) is 18.6 Å². The molecule has 0 aliphatic heterocycles. The maximum atomic E-state index is 10.9. The number of nitrogens with zero attached hydrogens (tertiary/aromatic N) is 2. The first-order valence-electron chi connectivity index (χ1n) is 4.55. The predicted octanol–water partition coefficient (Wildman–Crippen LogP) is 2.44. The van der Waals surface area contributed by atoms with Crippen molar-refractivity contribution >= 4 is 29.9 Å². The lowest BCUT2D eigenvalue weighted by atomic mass is 10.1. The van der Waals surface area contributed by atoms with Gasteiger partial charge < -0.3 is 5.11 Å². The molecule has 0 spiro atoms. The van der Waals surface area contributed by atoms with Crippen molar-refractivity contribution < 1.29 is 9.90 Å². The molecule has 0 amide bonds. The Morgan fingerprint density at radius 2 is 2.31 bits per heavy atom. The van der Waals surface area contributed by atoms with Crippen molar-refractivity contribution in [2.45, 2.75) is 11.1 Å². The number of rotatable bonds is 2. The zero-order valence-corrected chi connectivity index (χ0v) is 10.5. The molecule has 2 aromatic rings. The Balaban J connectivity index is 2.61. The van der Waals surface area contributed by atoms with Crippen LogP contribution in [0, 0.1) is 6.92 Å². The van der Waals surface area contributed by atoms with Gasteiger partial charge in [-0.2, -0.15) is 5.10 Å². The van der Waals surface area contributed by atoms with Gasteiger partial charge >= 0.3 is 5.97 Å². The van der Waals surface area contributed by atoms with Crippen LogP contribution in [0.3, 0.4) is 0 Å². The standard InChI is InChI=1S/C10H10N2O2S2/c1-5-4-11-12(2)8(5)6-3-7(9(13)14)16-10(6)15/h3-4,15H,1-2H3,(H,13,14). The zero-order chi connectivity index (χ0) is 11.9. The topological polar surface area (TPSA) is 55.1 Å². The molecule has 6 heteroatoms. The number of thiol groups is 1. The first kappa shape index (κ1) is 11.2. The van der Waals surface area contributed by atoms with E-state index in [2.05, 4.69) is 17.7 Å². The van der Waals surface area contributed by atoms with E-state index in [9.17, 15) is 4.79 Å². The zero-order valence-electron chi connectivity index (χ0n) is 8.76. The van der Waals surface area contributed by atoms with Gasteiger partial charge in [0.1, 0.15) is 4.88 Å². The molecule has 0 fully saturated rings. The lowest BCUT2D eigenvalue weighted by molar-refractivity contribution is 0.0702. The molecule has 0 aromatic carbocycles. The van der Waals surface area contributed by atoms with Crippen molar-refractivity contribution in [2.24, 2.45) is 7.05 Å². The van der Waals surface area contributed by atoms with Gasteiger partial charge in [-0.3, -0.25) is 4.68 Å². The van der Waals surface area contributed by atoms with Crippen LogP contribution in [0.2, 0.25) is 0 Å². The van der Waals surface area contributed by atoms with Crippen molar-refractivity contribution in [3.8, 4) is 11.3 Å². The summed E-state index contributed by atoms with van der Waals surface area (Å²) >= 11 is 5.47. The molecule has 1 N–H and O–H groups in total. The summed E-state index contributed by atoms with van der Waals surface area (Å²) in [6, 6.07) is 1.64. The third kappa shape index (κ3) is 1.74. The van der Waals surface area contributed by atoms with E-state index < -0.39 is 5.97 Å². The summed E-state index contributed by atoms with van der Waals surface area (Å²) < 4.78 is 2.42. The van der Waals surface area contributed by atoms with E-state index in [0.29, 0.717) is 9.09 Å². The van der Waals surface area contributed by atoms with E-state index in [1.165, 1.54) is 0 Å². The Bertz CT molecular complexity index is 538. The molecule has 84 valence electrons. The van der Waals surface area contributed by atoms with E-state index >= 15 is 0 Å². The molecule has 0 radical (unpaired) electrons. The highest BCUT2D eigenvalue weighted by Gasteiger charge is 2.16. The van der Waals surface area contributed by atoms with Crippen LogP contribution in [0.4, 0.5) is 0 Å². The molecule has 0 atom stereocenters. The molecule has 2 heterocycles. The largest absolute Gasteiger partial charge is 0.477 e. The number of hydrogen-bond acceptors (Lipinski definition) is 4. The summed E-state index contributed by atoms with van der Waals surface area (Å²) in [4.78, 5) is 11.2. The SMILES string of the molecule is Cc1cnn(C)c1-c1cc(C(=O)O)sc1S. The van der Waals surface area contributed by atoms with Crippen molar-refractivity contribution in [3.63, 3.8) is 0 Å². The Hall–Kier alpha value is -1.27. The first-order valence-corrected chi connectivity index (χ1v) is 5.82. The fraction of sp³-hybridized carbons (Fsp3) is 0.200. The fourth-order valence-electron chi connectivity index (χ4n) is 1.59. The number of carboxylic acids is 1. The summed E-state index contributed by atoms with van der Waals surface area (Å²) in [6.45, 7) is 1.94. The number of aromatic nitrogens is 2. The average molecular weight is 254 g/mol. The second kappa shape index (κ2) is 3.95. The van der Waals surface area contributed by atoms with Crippen LogP contribution < -0.4 is 0 Å². The van der Waals surface area contributed by atoms with Crippen molar-refractivity contribution in [3.05, 3.63) is 22.7 Å². The fourth-order valence-corrected chi connectivity index (χ4v) is 2.79. The summed E-state index contributed by atoms with van der Waals surface area (Å²) in [7, 11) is 1.83. The van der Waals surface area contributed by atoms with Crippen LogP contribution in [-0.4, -0.2) is 20.9 Å². The number of aryl methyl sites for hydroxylation is 2. The van der Waals surface area contributed by atoms with Gasteiger partial charge in [-0.15, -0.1) is 24.0 Å². The lowest BCUT2D eigenvalue weighted by Gasteiger charge is -2.01. The minimum Gasteiger partial charge on any atom is -0.477 e. The van der Waals surface area contributed by atoms with Gasteiger partial charge in [0.15, 0.2) is 0 Å². The van der Waals surface area contributed by atoms with Gasteiger partial charge in [0.25, 0.3) is 0 Å². The Morgan fingerprint density at radius 3 is 2.75 bits per heavy atom. The molecule has 4 nitrogen and oxygen atoms in total. The molecule has 0 unspecified atom stereocenters. The summed E-state index contributed by atoms with van der Waals surface area (Å²) in [5.74, 6) is -0.925. The first-order chi connectivity index (χ1) is 7.50. The van der Waals surface area contributed by atoms with Crippen molar-refractivity contribution in [2.75, 3.05) is 0 Å². The second-order valence-electron chi connectivity index (χ2n) is 3.43. The van der Waals surface area contributed by atoms with E-state index in [4.69, 9.17) is 5.11 Å². The highest BCUT2D eigenvalue weighted by molar-refractivity contribution is 7.83. The van der Waals surface area contributed by atoms with E-state index in [1.54, 1.807) is 16.9 Å². The highest BCUT2D eigenvalue weighted by Crippen LogP contribution is 2.35. The highest BCUT2D eigenvalue weighted by atomic mass is 32.2. The predicted molar refractivity (Wildman–Crippen MR) is 65.5 cm³/mol. The number of hydrogen-bond donors (Lipinski definition) is 2. The molecule has 2 aromatic heterocycles. The van der Waals surface area contributed by atoms with Gasteiger partial charge in [-0.1, -0.05) is 0 Å². The summed E-state index contributed by atoms with van der Waals surface area (Å²) in [5.41, 5.74) is 2.74. The van der Waals surface area contributed by atoms with Crippen LogP contribution in [0.5, 0.6) is 0 Å². The maximum Gasteiger partial charge on any atom is 0.345 e. The average Bonchev–Trinajstić information content (AvgIpc) is 2.71. The van der Waals surface area contributed by atoms with Gasteiger partial charge in [-0.25, -0.2) is 4.79 Å². The summed E-state index contributed by atoms with van der Waals surface area (Å²) in [6.07, 6.45) is 1.75. The molecular weight excluding hydrogens is 244 g/mol. The monoisotopic (exact) mass is 254 g/mol. The third-order valence-corrected chi connectivity index (χ3v) is 3.74. The lowest BCUT2D eigenvalue weighted by Crippen LogP contribution is -1.94. The van der Waals surface area contributed by atoms with E-state index in [-0.39, 0.29) is 0 Å². The Morgan fingerprint density at radius 1 is 1.62 bits per heavy atom. The van der Waals surface area contributed by atoms with E-state index in [0.717, 1.165) is 28.2 Å². The molecule has 0 saturated carbocycles. The quantitative estimate of drug-likeness (QED) is 0.809. The minimum atomic E-state index is -0.925. The van der Waals surface area contributed by atoms with Crippen LogP contribution in [-0.2, 0) is 7.05 Å².